The maximum atomic E-state index is 10.3. The van der Waals surface area contributed by atoms with Gasteiger partial charge in [-0.25, -0.2) is 0 Å². The molecule has 0 saturated carbocycles. The Labute approximate surface area is 138 Å². The van der Waals surface area contributed by atoms with Gasteiger partial charge < -0.3 is 15.2 Å². The molecule has 0 radical (unpaired) electrons. The first-order chi connectivity index (χ1) is 10.2. The van der Waals surface area contributed by atoms with Crippen molar-refractivity contribution in [1.29, 1.82) is 0 Å². The van der Waals surface area contributed by atoms with Crippen LogP contribution < -0.4 is 5.32 Å². The lowest BCUT2D eigenvalue weighted by Crippen LogP contribution is -2.20. The van der Waals surface area contributed by atoms with Gasteiger partial charge in [-0.15, -0.1) is 0 Å². The first-order valence-corrected chi connectivity index (χ1v) is 6.64. The number of carbonyl (C=O) groups is 3. The maximum Gasteiger partial charge on any atom is 0.300 e. The van der Waals surface area contributed by atoms with E-state index >= 15 is 0 Å². The van der Waals surface area contributed by atoms with Crippen LogP contribution in [-0.2, 0) is 14.4 Å². The SMILES string of the molecule is C.CC(=O)O.CC(C)=O.CC1=NCNC1=O.Cc1ccccc1. The van der Waals surface area contributed by atoms with Gasteiger partial charge in [0.1, 0.15) is 12.5 Å². The fourth-order valence-electron chi connectivity index (χ4n) is 0.964. The number of amides is 1. The van der Waals surface area contributed by atoms with E-state index in [1.54, 1.807) is 6.92 Å². The summed E-state index contributed by atoms with van der Waals surface area (Å²) in [6.45, 7) is 8.38. The summed E-state index contributed by atoms with van der Waals surface area (Å²) >= 11 is 0. The monoisotopic (exact) mass is 324 g/mol. The Morgan fingerprint density at radius 3 is 1.61 bits per heavy atom. The van der Waals surface area contributed by atoms with Crippen molar-refractivity contribution in [1.82, 2.24) is 5.32 Å². The van der Waals surface area contributed by atoms with Crippen molar-refractivity contribution < 1.29 is 19.5 Å². The third-order valence-electron chi connectivity index (χ3n) is 1.82. The van der Waals surface area contributed by atoms with E-state index in [1.807, 2.05) is 18.2 Å². The van der Waals surface area contributed by atoms with Crippen molar-refractivity contribution in [3.63, 3.8) is 0 Å². The van der Waals surface area contributed by atoms with Gasteiger partial charge in [-0.2, -0.15) is 0 Å². The number of carboxylic acids is 1. The van der Waals surface area contributed by atoms with Gasteiger partial charge in [-0.3, -0.25) is 14.6 Å². The number of benzene rings is 1. The number of Topliss-reactive ketones (excluding diaryl/α,β-unsaturated/α-hetero) is 1. The van der Waals surface area contributed by atoms with E-state index in [9.17, 15) is 9.59 Å². The largest absolute Gasteiger partial charge is 0.481 e. The molecule has 1 aromatic rings. The van der Waals surface area contributed by atoms with Crippen molar-refractivity contribution >= 4 is 23.4 Å². The van der Waals surface area contributed by atoms with Gasteiger partial charge >= 0.3 is 0 Å². The summed E-state index contributed by atoms with van der Waals surface area (Å²) in [6, 6.07) is 10.3. The van der Waals surface area contributed by atoms with E-state index in [0.717, 1.165) is 6.92 Å². The third kappa shape index (κ3) is 24.9. The lowest BCUT2D eigenvalue weighted by molar-refractivity contribution is -0.134. The molecule has 0 bridgehead atoms. The molecular formula is C17H28N2O4. The molecule has 1 aliphatic rings. The maximum absolute atomic E-state index is 10.3. The molecule has 1 heterocycles. The van der Waals surface area contributed by atoms with Gasteiger partial charge in [0.05, 0.1) is 5.71 Å². The highest BCUT2D eigenvalue weighted by Crippen LogP contribution is 1.92. The number of aliphatic imine (C=N–C) groups is 1. The van der Waals surface area contributed by atoms with Crippen molar-refractivity contribution in [2.45, 2.75) is 42.0 Å². The van der Waals surface area contributed by atoms with Crippen LogP contribution in [0.4, 0.5) is 0 Å². The van der Waals surface area contributed by atoms with Crippen LogP contribution in [-0.4, -0.2) is 35.1 Å². The quantitative estimate of drug-likeness (QED) is 0.767. The molecule has 6 heteroatoms. The standard InChI is InChI=1S/C7H8.C4H6N2O.C3H6O.C2H4O2.CH4/c1-7-5-3-2-4-6-7;1-3-4(7)6-2-5-3;1-3(2)4;1-2(3)4;/h2-6H,1H3;2H2,1H3,(H,6,7);1-2H3;1H3,(H,3,4);1H4. The number of hydrogen-bond donors (Lipinski definition) is 2. The van der Waals surface area contributed by atoms with Gasteiger partial charge in [0.15, 0.2) is 0 Å². The Hall–Kier alpha value is -2.50. The van der Waals surface area contributed by atoms with Gasteiger partial charge in [0, 0.05) is 6.92 Å². The lowest BCUT2D eigenvalue weighted by atomic mass is 10.2. The summed E-state index contributed by atoms with van der Waals surface area (Å²) in [6.07, 6.45) is 0. The van der Waals surface area contributed by atoms with E-state index in [0.29, 0.717) is 12.4 Å². The highest BCUT2D eigenvalue weighted by Gasteiger charge is 2.08. The Morgan fingerprint density at radius 2 is 1.48 bits per heavy atom. The van der Waals surface area contributed by atoms with Gasteiger partial charge in [0.2, 0.25) is 0 Å². The number of carbonyl (C=O) groups excluding carboxylic acids is 2. The average Bonchev–Trinajstić information content (AvgIpc) is 2.74. The van der Waals surface area contributed by atoms with Crippen LogP contribution in [0.25, 0.3) is 0 Å². The number of nitrogens with zero attached hydrogens (tertiary/aromatic N) is 1. The highest BCUT2D eigenvalue weighted by molar-refractivity contribution is 6.39. The molecule has 23 heavy (non-hydrogen) atoms. The van der Waals surface area contributed by atoms with Crippen LogP contribution in [0.15, 0.2) is 35.3 Å². The number of carboxylic acid groups (broad SMARTS) is 1. The third-order valence-corrected chi connectivity index (χ3v) is 1.82. The van der Waals surface area contributed by atoms with Crippen molar-refractivity contribution in [2.24, 2.45) is 4.99 Å². The number of hydrogen-bond acceptors (Lipinski definition) is 4. The van der Waals surface area contributed by atoms with E-state index in [1.165, 1.54) is 19.4 Å². The summed E-state index contributed by atoms with van der Waals surface area (Å²) < 4.78 is 0. The van der Waals surface area contributed by atoms with E-state index in [-0.39, 0.29) is 19.1 Å². The average molecular weight is 324 g/mol. The molecule has 1 amide bonds. The lowest BCUT2D eigenvalue weighted by Gasteiger charge is -1.82. The van der Waals surface area contributed by atoms with Crippen LogP contribution >= 0.6 is 0 Å². The Balaban J connectivity index is -0.000000238. The Kier molecular flexibility index (Phi) is 17.6. The van der Waals surface area contributed by atoms with Crippen LogP contribution in [0.3, 0.4) is 0 Å². The molecule has 0 unspecified atom stereocenters. The van der Waals surface area contributed by atoms with Crippen molar-refractivity contribution in [3.8, 4) is 0 Å². The van der Waals surface area contributed by atoms with Crippen LogP contribution in [0, 0.1) is 6.92 Å². The molecule has 130 valence electrons. The second-order valence-corrected chi connectivity index (χ2v) is 4.49. The number of ketones is 1. The topological polar surface area (TPSA) is 95.8 Å². The fourth-order valence-corrected chi connectivity index (χ4v) is 0.964. The first-order valence-electron chi connectivity index (χ1n) is 6.64. The molecular weight excluding hydrogens is 296 g/mol. The Morgan fingerprint density at radius 1 is 1.09 bits per heavy atom. The first kappa shape index (κ1) is 25.5. The van der Waals surface area contributed by atoms with E-state index < -0.39 is 5.97 Å². The predicted octanol–water partition coefficient (Wildman–Crippen LogP) is 2.85. The summed E-state index contributed by atoms with van der Waals surface area (Å²) in [4.78, 5) is 32.5. The van der Waals surface area contributed by atoms with Crippen LogP contribution in [0.2, 0.25) is 0 Å². The normalized spacial score (nSPS) is 10.7. The molecule has 0 aromatic heterocycles. The summed E-state index contributed by atoms with van der Waals surface area (Å²) in [5.41, 5.74) is 1.91. The van der Waals surface area contributed by atoms with Crippen molar-refractivity contribution in [3.05, 3.63) is 35.9 Å². The summed E-state index contributed by atoms with van der Waals surface area (Å²) in [7, 11) is 0. The molecule has 6 nitrogen and oxygen atoms in total. The minimum absolute atomic E-state index is 0. The molecule has 1 aromatic carbocycles. The van der Waals surface area contributed by atoms with Crippen LogP contribution in [0.1, 0.15) is 40.7 Å². The fraction of sp³-hybridized carbons (Fsp3) is 0.412. The number of nitrogens with one attached hydrogen (secondary N) is 1. The van der Waals surface area contributed by atoms with Gasteiger partial charge in [-0.05, 0) is 27.7 Å². The zero-order chi connectivity index (χ0) is 17.5. The highest BCUT2D eigenvalue weighted by atomic mass is 16.4. The smallest absolute Gasteiger partial charge is 0.300 e. The minimum Gasteiger partial charge on any atom is -0.481 e. The van der Waals surface area contributed by atoms with Gasteiger partial charge in [-0.1, -0.05) is 43.3 Å². The molecule has 0 spiro atoms. The predicted molar refractivity (Wildman–Crippen MR) is 93.7 cm³/mol. The summed E-state index contributed by atoms with van der Waals surface area (Å²) in [5, 5.41) is 9.94. The molecule has 2 N–H and O–H groups in total. The van der Waals surface area contributed by atoms with Gasteiger partial charge in [0.25, 0.3) is 11.9 Å². The van der Waals surface area contributed by atoms with E-state index in [4.69, 9.17) is 9.90 Å². The molecule has 0 saturated heterocycles. The van der Waals surface area contributed by atoms with Crippen molar-refractivity contribution in [2.75, 3.05) is 6.67 Å². The molecule has 0 fully saturated rings. The molecule has 1 aliphatic heterocycles. The van der Waals surface area contributed by atoms with E-state index in [2.05, 4.69) is 29.4 Å². The number of aryl methyl sites for hydroxylation is 1. The Bertz CT molecular complexity index is 477. The molecule has 0 aliphatic carbocycles. The minimum atomic E-state index is -0.833. The number of rotatable bonds is 0. The molecule has 0 atom stereocenters. The zero-order valence-electron chi connectivity index (χ0n) is 13.7. The second kappa shape index (κ2) is 15.9. The summed E-state index contributed by atoms with van der Waals surface area (Å²) in [5.74, 6) is -0.708. The molecule has 2 rings (SSSR count). The number of aliphatic carboxylic acids is 1. The second-order valence-electron chi connectivity index (χ2n) is 4.49. The zero-order valence-corrected chi connectivity index (χ0v) is 13.7. The van der Waals surface area contributed by atoms with Crippen LogP contribution in [0.5, 0.6) is 0 Å².